The number of carbonyl (C=O) groups is 1. The minimum absolute atomic E-state index is 0.121. The van der Waals surface area contributed by atoms with Crippen molar-refractivity contribution < 1.29 is 14.5 Å². The van der Waals surface area contributed by atoms with Gasteiger partial charge in [-0.2, -0.15) is 0 Å². The summed E-state index contributed by atoms with van der Waals surface area (Å²) in [5.41, 5.74) is 1.70. The summed E-state index contributed by atoms with van der Waals surface area (Å²) in [6.45, 7) is 3.98. The molecule has 0 aromatic heterocycles. The zero-order valence-electron chi connectivity index (χ0n) is 16.7. The summed E-state index contributed by atoms with van der Waals surface area (Å²) in [7, 11) is 0. The fourth-order valence-corrected chi connectivity index (χ4v) is 3.60. The SMILES string of the molecule is CCOc1ccc(C(=O)NC(=S)Nc2ccccc2N2CCCCC2)cc1[N+](=O)[O-]. The van der Waals surface area contributed by atoms with Crippen molar-refractivity contribution in [2.75, 3.05) is 29.9 Å². The van der Waals surface area contributed by atoms with Gasteiger partial charge in [0.2, 0.25) is 0 Å². The molecule has 0 unspecified atom stereocenters. The van der Waals surface area contributed by atoms with E-state index in [1.165, 1.54) is 24.6 Å². The molecule has 0 aliphatic carbocycles. The molecule has 158 valence electrons. The first-order valence-corrected chi connectivity index (χ1v) is 10.3. The number of nitro benzene ring substituents is 1. The number of anilines is 2. The fraction of sp³-hybridized carbons (Fsp3) is 0.333. The summed E-state index contributed by atoms with van der Waals surface area (Å²) in [5.74, 6) is -0.413. The van der Waals surface area contributed by atoms with Crippen LogP contribution >= 0.6 is 12.2 Å². The van der Waals surface area contributed by atoms with Crippen molar-refractivity contribution >= 4 is 40.3 Å². The van der Waals surface area contributed by atoms with Crippen molar-refractivity contribution in [3.8, 4) is 5.75 Å². The molecule has 0 atom stereocenters. The monoisotopic (exact) mass is 428 g/mol. The Balaban J connectivity index is 1.70. The summed E-state index contributed by atoms with van der Waals surface area (Å²) in [6, 6.07) is 11.9. The predicted molar refractivity (Wildman–Crippen MR) is 120 cm³/mol. The molecule has 0 spiro atoms. The lowest BCUT2D eigenvalue weighted by atomic mass is 10.1. The van der Waals surface area contributed by atoms with Crippen molar-refractivity contribution in [1.29, 1.82) is 0 Å². The van der Waals surface area contributed by atoms with Gasteiger partial charge in [0.15, 0.2) is 10.9 Å². The van der Waals surface area contributed by atoms with Crippen LogP contribution in [0, 0.1) is 10.1 Å². The third kappa shape index (κ3) is 5.24. The normalized spacial score (nSPS) is 13.4. The molecule has 2 aromatic rings. The van der Waals surface area contributed by atoms with E-state index in [0.29, 0.717) is 0 Å². The van der Waals surface area contributed by atoms with Gasteiger partial charge in [-0.05, 0) is 62.7 Å². The molecule has 2 N–H and O–H groups in total. The van der Waals surface area contributed by atoms with Gasteiger partial charge in [0.25, 0.3) is 5.91 Å². The van der Waals surface area contributed by atoms with Crippen molar-refractivity contribution in [3.05, 3.63) is 58.1 Å². The first-order chi connectivity index (χ1) is 14.5. The van der Waals surface area contributed by atoms with Crippen molar-refractivity contribution in [2.24, 2.45) is 0 Å². The number of piperidine rings is 1. The highest BCUT2D eigenvalue weighted by Gasteiger charge is 2.20. The van der Waals surface area contributed by atoms with Gasteiger partial charge in [-0.15, -0.1) is 0 Å². The van der Waals surface area contributed by atoms with Gasteiger partial charge in [-0.1, -0.05) is 12.1 Å². The number of thiocarbonyl (C=S) groups is 1. The second kappa shape index (κ2) is 10.0. The van der Waals surface area contributed by atoms with Gasteiger partial charge in [-0.3, -0.25) is 20.2 Å². The highest BCUT2D eigenvalue weighted by atomic mass is 32.1. The number of benzene rings is 2. The van der Waals surface area contributed by atoms with E-state index in [9.17, 15) is 14.9 Å². The highest BCUT2D eigenvalue weighted by molar-refractivity contribution is 7.80. The van der Waals surface area contributed by atoms with Crippen LogP contribution in [0.5, 0.6) is 5.75 Å². The molecule has 1 amide bonds. The minimum Gasteiger partial charge on any atom is -0.487 e. The van der Waals surface area contributed by atoms with E-state index in [-0.39, 0.29) is 28.7 Å². The third-order valence-electron chi connectivity index (χ3n) is 4.79. The Morgan fingerprint density at radius 2 is 1.93 bits per heavy atom. The Bertz CT molecular complexity index is 944. The number of nitro groups is 1. The minimum atomic E-state index is -0.576. The van der Waals surface area contributed by atoms with Crippen LogP contribution in [0.3, 0.4) is 0 Å². The molecule has 1 aliphatic heterocycles. The van der Waals surface area contributed by atoms with Crippen LogP contribution < -0.4 is 20.3 Å². The summed E-state index contributed by atoms with van der Waals surface area (Å²) in [4.78, 5) is 25.6. The smallest absolute Gasteiger partial charge is 0.311 e. The van der Waals surface area contributed by atoms with E-state index in [2.05, 4.69) is 15.5 Å². The maximum atomic E-state index is 12.6. The van der Waals surface area contributed by atoms with E-state index in [0.717, 1.165) is 37.3 Å². The van der Waals surface area contributed by atoms with Gasteiger partial charge < -0.3 is 15.0 Å². The maximum Gasteiger partial charge on any atom is 0.311 e. The van der Waals surface area contributed by atoms with E-state index in [1.807, 2.05) is 24.3 Å². The molecular formula is C21H24N4O4S. The lowest BCUT2D eigenvalue weighted by Crippen LogP contribution is -2.35. The molecule has 1 aliphatic rings. The van der Waals surface area contributed by atoms with Crippen molar-refractivity contribution in [1.82, 2.24) is 5.32 Å². The quantitative estimate of drug-likeness (QED) is 0.406. The number of rotatable bonds is 6. The van der Waals surface area contributed by atoms with Crippen LogP contribution in [0.25, 0.3) is 0 Å². The Morgan fingerprint density at radius 3 is 2.63 bits per heavy atom. The lowest BCUT2D eigenvalue weighted by molar-refractivity contribution is -0.385. The molecule has 1 fully saturated rings. The zero-order chi connectivity index (χ0) is 21.5. The maximum absolute atomic E-state index is 12.6. The topological polar surface area (TPSA) is 96.7 Å². The van der Waals surface area contributed by atoms with Gasteiger partial charge >= 0.3 is 5.69 Å². The van der Waals surface area contributed by atoms with E-state index >= 15 is 0 Å². The van der Waals surface area contributed by atoms with Crippen LogP contribution in [-0.4, -0.2) is 35.6 Å². The van der Waals surface area contributed by atoms with Crippen LogP contribution in [0.4, 0.5) is 17.1 Å². The van der Waals surface area contributed by atoms with Crippen molar-refractivity contribution in [2.45, 2.75) is 26.2 Å². The van der Waals surface area contributed by atoms with E-state index < -0.39 is 10.8 Å². The first-order valence-electron chi connectivity index (χ1n) is 9.87. The number of amides is 1. The number of ether oxygens (including phenoxy) is 1. The Morgan fingerprint density at radius 1 is 1.20 bits per heavy atom. The van der Waals surface area contributed by atoms with E-state index in [1.54, 1.807) is 6.92 Å². The van der Waals surface area contributed by atoms with Crippen LogP contribution in [-0.2, 0) is 0 Å². The summed E-state index contributed by atoms with van der Waals surface area (Å²) in [5, 5.41) is 17.1. The molecular weight excluding hydrogens is 404 g/mol. The number of para-hydroxylation sites is 2. The average Bonchev–Trinajstić information content (AvgIpc) is 2.75. The molecule has 3 rings (SSSR count). The summed E-state index contributed by atoms with van der Waals surface area (Å²) in [6.07, 6.45) is 3.52. The molecule has 30 heavy (non-hydrogen) atoms. The van der Waals surface area contributed by atoms with Crippen LogP contribution in [0.1, 0.15) is 36.5 Å². The average molecular weight is 429 g/mol. The summed E-state index contributed by atoms with van der Waals surface area (Å²) < 4.78 is 5.25. The number of nitrogens with one attached hydrogen (secondary N) is 2. The van der Waals surface area contributed by atoms with Gasteiger partial charge in [0.1, 0.15) is 0 Å². The van der Waals surface area contributed by atoms with Gasteiger partial charge in [-0.25, -0.2) is 0 Å². The van der Waals surface area contributed by atoms with Gasteiger partial charge in [0, 0.05) is 24.7 Å². The number of nitrogens with zero attached hydrogens (tertiary/aromatic N) is 2. The molecule has 0 radical (unpaired) electrons. The largest absolute Gasteiger partial charge is 0.487 e. The number of carbonyl (C=O) groups excluding carboxylic acids is 1. The molecule has 0 bridgehead atoms. The van der Waals surface area contributed by atoms with Crippen LogP contribution in [0.2, 0.25) is 0 Å². The van der Waals surface area contributed by atoms with E-state index in [4.69, 9.17) is 17.0 Å². The standard InChI is InChI=1S/C21H24N4O4S/c1-2-29-19-11-10-15(14-18(19)25(27)28)20(26)23-21(30)22-16-8-4-5-9-17(16)24-12-6-3-7-13-24/h4-5,8-11,14H,2-3,6-7,12-13H2,1H3,(H2,22,23,26,30). The first kappa shape index (κ1) is 21.5. The third-order valence-corrected chi connectivity index (χ3v) is 5.00. The molecule has 9 heteroatoms. The number of hydrogen-bond acceptors (Lipinski definition) is 6. The summed E-state index contributed by atoms with van der Waals surface area (Å²) >= 11 is 5.30. The lowest BCUT2D eigenvalue weighted by Gasteiger charge is -2.30. The molecule has 1 heterocycles. The number of hydrogen-bond donors (Lipinski definition) is 2. The van der Waals surface area contributed by atoms with Gasteiger partial charge in [0.05, 0.1) is 22.9 Å². The fourth-order valence-electron chi connectivity index (χ4n) is 3.40. The Labute approximate surface area is 180 Å². The molecule has 2 aromatic carbocycles. The molecule has 8 nitrogen and oxygen atoms in total. The second-order valence-electron chi connectivity index (χ2n) is 6.85. The van der Waals surface area contributed by atoms with Crippen molar-refractivity contribution in [3.63, 3.8) is 0 Å². The van der Waals surface area contributed by atoms with Crippen LogP contribution in [0.15, 0.2) is 42.5 Å². The zero-order valence-corrected chi connectivity index (χ0v) is 17.5. The molecule has 1 saturated heterocycles. The second-order valence-corrected chi connectivity index (χ2v) is 7.25. The highest BCUT2D eigenvalue weighted by Crippen LogP contribution is 2.29. The Kier molecular flexibility index (Phi) is 7.18. The Hall–Kier alpha value is -3.20. The molecule has 0 saturated carbocycles. The predicted octanol–water partition coefficient (Wildman–Crippen LogP) is 4.11.